The summed E-state index contributed by atoms with van der Waals surface area (Å²) >= 11 is 0. The monoisotopic (exact) mass is 497 g/mol. The zero-order valence-electron chi connectivity index (χ0n) is 23.3. The van der Waals surface area contributed by atoms with Crippen molar-refractivity contribution in [2.24, 2.45) is 46.3 Å². The van der Waals surface area contributed by atoms with Crippen LogP contribution in [0.4, 0.5) is 0 Å². The van der Waals surface area contributed by atoms with Crippen molar-refractivity contribution in [3.63, 3.8) is 0 Å². The Labute approximate surface area is 217 Å². The molecule has 0 bridgehead atoms. The van der Waals surface area contributed by atoms with Crippen molar-refractivity contribution in [2.75, 3.05) is 6.54 Å². The first-order valence-corrected chi connectivity index (χ1v) is 14.8. The molecule has 0 aromatic carbocycles. The smallest absolute Gasteiger partial charge is 0.302 e. The summed E-state index contributed by atoms with van der Waals surface area (Å²) in [5, 5.41) is 0. The van der Waals surface area contributed by atoms with Crippen LogP contribution in [0.25, 0.3) is 0 Å². The van der Waals surface area contributed by atoms with Gasteiger partial charge in [0.05, 0.1) is 6.10 Å². The highest BCUT2D eigenvalue weighted by Crippen LogP contribution is 2.70. The molecule has 6 rings (SSSR count). The molecule has 5 heteroatoms. The average molecular weight is 498 g/mol. The molecule has 0 radical (unpaired) electrons. The summed E-state index contributed by atoms with van der Waals surface area (Å²) in [6, 6.07) is 0. The molecule has 0 N–H and O–H groups in total. The zero-order chi connectivity index (χ0) is 25.6. The van der Waals surface area contributed by atoms with Crippen molar-refractivity contribution in [1.82, 2.24) is 4.90 Å². The van der Waals surface area contributed by atoms with Crippen LogP contribution in [0.2, 0.25) is 0 Å². The van der Waals surface area contributed by atoms with E-state index in [9.17, 15) is 9.59 Å². The van der Waals surface area contributed by atoms with Crippen LogP contribution in [-0.4, -0.2) is 41.3 Å². The van der Waals surface area contributed by atoms with Crippen molar-refractivity contribution in [2.45, 2.75) is 117 Å². The highest BCUT2D eigenvalue weighted by atomic mass is 16.5. The van der Waals surface area contributed by atoms with Gasteiger partial charge in [0.1, 0.15) is 11.8 Å². The Bertz CT molecular complexity index is 976. The number of fused-ring (bicyclic) bond motifs is 7. The summed E-state index contributed by atoms with van der Waals surface area (Å²) in [5.41, 5.74) is 1.70. The topological polar surface area (TPSA) is 55.8 Å². The van der Waals surface area contributed by atoms with Gasteiger partial charge in [-0.3, -0.25) is 9.59 Å². The number of carbonyl (C=O) groups is 2. The molecule has 3 saturated carbocycles. The Morgan fingerprint density at radius 3 is 2.56 bits per heavy atom. The van der Waals surface area contributed by atoms with Crippen LogP contribution >= 0.6 is 0 Å². The lowest BCUT2D eigenvalue weighted by atomic mass is 9.46. The van der Waals surface area contributed by atoms with E-state index >= 15 is 0 Å². The van der Waals surface area contributed by atoms with E-state index in [0.29, 0.717) is 23.7 Å². The Morgan fingerprint density at radius 1 is 1.06 bits per heavy atom. The number of amides is 1. The van der Waals surface area contributed by atoms with Gasteiger partial charge in [-0.1, -0.05) is 39.3 Å². The lowest BCUT2D eigenvalue weighted by Gasteiger charge is -2.59. The Morgan fingerprint density at radius 2 is 1.83 bits per heavy atom. The minimum atomic E-state index is -0.390. The molecular weight excluding hydrogens is 450 g/mol. The Hall–Kier alpha value is -1.36. The molecule has 4 aliphatic carbocycles. The van der Waals surface area contributed by atoms with E-state index in [1.807, 2.05) is 0 Å². The Kier molecular flexibility index (Phi) is 5.76. The second kappa shape index (κ2) is 8.32. The van der Waals surface area contributed by atoms with Crippen LogP contribution in [0.1, 0.15) is 99.3 Å². The number of likely N-dealkylation sites (tertiary alicyclic amines) is 1. The number of allylic oxidation sites excluding steroid dienone is 1. The molecule has 11 atom stereocenters. The third-order valence-corrected chi connectivity index (χ3v) is 12.4. The van der Waals surface area contributed by atoms with Gasteiger partial charge >= 0.3 is 5.97 Å². The normalized spacial score (nSPS) is 51.6. The number of piperidine rings is 1. The molecular formula is C31H47NO4. The van der Waals surface area contributed by atoms with Crippen molar-refractivity contribution >= 4 is 11.9 Å². The van der Waals surface area contributed by atoms with Crippen molar-refractivity contribution in [1.29, 1.82) is 0 Å². The maximum atomic E-state index is 12.8. The zero-order valence-corrected chi connectivity index (χ0v) is 23.3. The summed E-state index contributed by atoms with van der Waals surface area (Å²) in [6.45, 7) is 13.9. The van der Waals surface area contributed by atoms with Gasteiger partial charge in [0.25, 0.3) is 0 Å². The molecule has 1 amide bonds. The number of hydrogen-bond donors (Lipinski definition) is 0. The first-order chi connectivity index (χ1) is 17.0. The first-order valence-electron chi connectivity index (χ1n) is 14.8. The molecule has 0 unspecified atom stereocenters. The number of ether oxygens (including phenoxy) is 2. The summed E-state index contributed by atoms with van der Waals surface area (Å²) in [6.07, 6.45) is 13.0. The van der Waals surface area contributed by atoms with Crippen LogP contribution in [0.15, 0.2) is 11.6 Å². The number of hydrogen-bond acceptors (Lipinski definition) is 4. The van der Waals surface area contributed by atoms with Gasteiger partial charge < -0.3 is 14.4 Å². The quantitative estimate of drug-likeness (QED) is 0.324. The van der Waals surface area contributed by atoms with Gasteiger partial charge in [-0.05, 0) is 91.8 Å². The molecule has 5 nitrogen and oxygen atoms in total. The maximum absolute atomic E-state index is 12.8. The molecule has 200 valence electrons. The number of rotatable bonds is 1. The second-order valence-corrected chi connectivity index (χ2v) is 14.1. The van der Waals surface area contributed by atoms with Crippen LogP contribution in [-0.2, 0) is 19.1 Å². The Balaban J connectivity index is 1.26. The van der Waals surface area contributed by atoms with E-state index in [1.165, 1.54) is 26.2 Å². The molecule has 0 aromatic heterocycles. The van der Waals surface area contributed by atoms with Gasteiger partial charge in [0, 0.05) is 32.7 Å². The third kappa shape index (κ3) is 3.36. The highest BCUT2D eigenvalue weighted by Gasteiger charge is 2.69. The predicted octanol–water partition coefficient (Wildman–Crippen LogP) is 6.12. The molecule has 6 aliphatic rings. The third-order valence-electron chi connectivity index (χ3n) is 12.4. The lowest BCUT2D eigenvalue weighted by molar-refractivity contribution is -0.200. The van der Waals surface area contributed by atoms with Crippen LogP contribution < -0.4 is 0 Å². The first kappa shape index (κ1) is 24.9. The standard InChI is InChI=1S/C31H47NO4/c1-18-9-14-31(32(17-18)20(3)33)19(2)28-27(36-31)16-26-24-8-7-22-15-23(35-21(4)34)10-12-29(22,5)25(24)11-13-30(26,28)6/h7,18-19,23-28H,8-17H2,1-6H3/t18-,19+,23+,24-,25-,26+,27+,28+,29+,30+,31-/m1/s1. The van der Waals surface area contributed by atoms with Crippen LogP contribution in [0.5, 0.6) is 0 Å². The molecule has 2 heterocycles. The van der Waals surface area contributed by atoms with E-state index in [0.717, 1.165) is 56.9 Å². The SMILES string of the molecule is CC(=O)O[C@H]1CC[C@@]2(C)C(=CC[C@@H]3[C@H]2CC[C@]2(C)[C@@H]4[C@H](C[C@@H]32)O[C@]2(CC[C@@H](C)CN2C(C)=O)[C@H]4C)C1. The fraction of sp³-hybridized carbons (Fsp3) is 0.871. The van der Waals surface area contributed by atoms with E-state index < -0.39 is 0 Å². The van der Waals surface area contributed by atoms with E-state index in [-0.39, 0.29) is 40.6 Å². The van der Waals surface area contributed by atoms with Crippen molar-refractivity contribution in [3.8, 4) is 0 Å². The van der Waals surface area contributed by atoms with Gasteiger partial charge in [-0.2, -0.15) is 0 Å². The number of carbonyl (C=O) groups excluding carboxylic acids is 2. The largest absolute Gasteiger partial charge is 0.462 e. The van der Waals surface area contributed by atoms with E-state index in [2.05, 4.69) is 38.7 Å². The van der Waals surface area contributed by atoms with Gasteiger partial charge in [0.15, 0.2) is 0 Å². The molecule has 0 aromatic rings. The van der Waals surface area contributed by atoms with E-state index in [4.69, 9.17) is 9.47 Å². The molecule has 36 heavy (non-hydrogen) atoms. The van der Waals surface area contributed by atoms with E-state index in [1.54, 1.807) is 12.5 Å². The molecule has 2 aliphatic heterocycles. The highest BCUT2D eigenvalue weighted by molar-refractivity contribution is 5.74. The predicted molar refractivity (Wildman–Crippen MR) is 139 cm³/mol. The van der Waals surface area contributed by atoms with Crippen molar-refractivity contribution < 1.29 is 19.1 Å². The fourth-order valence-electron chi connectivity index (χ4n) is 10.8. The summed E-state index contributed by atoms with van der Waals surface area (Å²) < 4.78 is 12.7. The van der Waals surface area contributed by atoms with Gasteiger partial charge in [-0.15, -0.1) is 0 Å². The summed E-state index contributed by atoms with van der Waals surface area (Å²) in [7, 11) is 0. The average Bonchev–Trinajstić information content (AvgIpc) is 3.26. The van der Waals surface area contributed by atoms with Crippen LogP contribution in [0, 0.1) is 46.3 Å². The fourth-order valence-corrected chi connectivity index (χ4v) is 10.8. The number of esters is 1. The molecule has 2 saturated heterocycles. The molecule has 1 spiro atoms. The van der Waals surface area contributed by atoms with Crippen LogP contribution in [0.3, 0.4) is 0 Å². The van der Waals surface area contributed by atoms with Gasteiger partial charge in [0.2, 0.25) is 5.91 Å². The second-order valence-electron chi connectivity index (χ2n) is 14.1. The minimum Gasteiger partial charge on any atom is -0.462 e. The lowest BCUT2D eigenvalue weighted by Crippen LogP contribution is -2.60. The number of nitrogens with zero attached hydrogens (tertiary/aromatic N) is 1. The summed E-state index contributed by atoms with van der Waals surface area (Å²) in [5.74, 6) is 3.64. The minimum absolute atomic E-state index is 0.0611. The van der Waals surface area contributed by atoms with Crippen molar-refractivity contribution in [3.05, 3.63) is 11.6 Å². The summed E-state index contributed by atoms with van der Waals surface area (Å²) in [4.78, 5) is 26.5. The molecule has 5 fully saturated rings. The maximum Gasteiger partial charge on any atom is 0.302 e. The van der Waals surface area contributed by atoms with Gasteiger partial charge in [-0.25, -0.2) is 0 Å².